The minimum Gasteiger partial charge on any atom is -0.493 e. The molecule has 0 atom stereocenters. The van der Waals surface area contributed by atoms with Crippen LogP contribution in [-0.2, 0) is 6.42 Å². The molecule has 1 fully saturated rings. The molecule has 2 amide bonds. The topological polar surface area (TPSA) is 80.8 Å². The van der Waals surface area contributed by atoms with Crippen LogP contribution < -0.4 is 14.8 Å². The lowest BCUT2D eigenvalue weighted by atomic mass is 9.89. The normalized spacial score (nSPS) is 13.8. The van der Waals surface area contributed by atoms with Crippen LogP contribution in [0.1, 0.15) is 56.4 Å². The molecule has 7 nitrogen and oxygen atoms in total. The second-order valence-electron chi connectivity index (χ2n) is 9.01. The number of nitrogens with one attached hydrogen (secondary N) is 1. The Bertz CT molecular complexity index is 1200. The number of aromatic nitrogens is 1. The maximum atomic E-state index is 13.1. The number of aryl methyl sites for hydroxylation is 1. The molecule has 3 aromatic rings. The van der Waals surface area contributed by atoms with Gasteiger partial charge < -0.3 is 19.7 Å². The van der Waals surface area contributed by atoms with Gasteiger partial charge in [0.05, 0.1) is 25.5 Å². The van der Waals surface area contributed by atoms with Gasteiger partial charge in [0.2, 0.25) is 0 Å². The average molecular weight is 488 g/mol. The Labute approximate surface area is 212 Å². The van der Waals surface area contributed by atoms with Gasteiger partial charge in [0, 0.05) is 36.8 Å². The van der Waals surface area contributed by atoms with E-state index in [0.717, 1.165) is 29.8 Å². The van der Waals surface area contributed by atoms with Gasteiger partial charge in [-0.15, -0.1) is 0 Å². The van der Waals surface area contributed by atoms with Gasteiger partial charge in [-0.2, -0.15) is 0 Å². The number of carbonyl (C=O) groups excluding carboxylic acids is 2. The number of methoxy groups -OCH3 is 2. The minimum absolute atomic E-state index is 0.0550. The summed E-state index contributed by atoms with van der Waals surface area (Å²) < 4.78 is 10.7. The fourth-order valence-electron chi connectivity index (χ4n) is 4.65. The van der Waals surface area contributed by atoms with Crippen LogP contribution in [0.5, 0.6) is 11.5 Å². The number of hydrogen-bond donors (Lipinski definition) is 1. The van der Waals surface area contributed by atoms with Crippen molar-refractivity contribution in [2.75, 3.05) is 33.9 Å². The summed E-state index contributed by atoms with van der Waals surface area (Å²) in [4.78, 5) is 32.6. The van der Waals surface area contributed by atoms with Crippen molar-refractivity contribution in [1.82, 2.24) is 15.2 Å². The SMILES string of the molecule is COc1ccc(CCNC(=O)c2ccc(C)nc2C2CCN(C(=O)c3ccccc3)CC2)cc1OC. The highest BCUT2D eigenvalue weighted by molar-refractivity contribution is 5.96. The molecule has 0 saturated carbocycles. The van der Waals surface area contributed by atoms with Crippen molar-refractivity contribution in [1.29, 1.82) is 0 Å². The Morgan fingerprint density at radius 1 is 0.972 bits per heavy atom. The first-order valence-electron chi connectivity index (χ1n) is 12.3. The molecular formula is C29H33N3O4. The Kier molecular flexibility index (Phi) is 8.21. The Morgan fingerprint density at radius 3 is 2.39 bits per heavy atom. The summed E-state index contributed by atoms with van der Waals surface area (Å²) in [6.07, 6.45) is 2.22. The molecule has 4 rings (SSSR count). The third kappa shape index (κ3) is 5.85. The van der Waals surface area contributed by atoms with Gasteiger partial charge in [-0.25, -0.2) is 0 Å². The van der Waals surface area contributed by atoms with E-state index in [1.165, 1.54) is 0 Å². The lowest BCUT2D eigenvalue weighted by molar-refractivity contribution is 0.0710. The van der Waals surface area contributed by atoms with Crippen molar-refractivity contribution < 1.29 is 19.1 Å². The van der Waals surface area contributed by atoms with Crippen LogP contribution in [0, 0.1) is 6.92 Å². The third-order valence-corrected chi connectivity index (χ3v) is 6.65. The van der Waals surface area contributed by atoms with Crippen LogP contribution >= 0.6 is 0 Å². The van der Waals surface area contributed by atoms with Crippen molar-refractivity contribution in [3.63, 3.8) is 0 Å². The quantitative estimate of drug-likeness (QED) is 0.509. The summed E-state index contributed by atoms with van der Waals surface area (Å²) in [6, 6.07) is 18.9. The smallest absolute Gasteiger partial charge is 0.253 e. The van der Waals surface area contributed by atoms with Crippen molar-refractivity contribution in [3.8, 4) is 11.5 Å². The number of pyridine rings is 1. The van der Waals surface area contributed by atoms with Gasteiger partial charge in [0.25, 0.3) is 11.8 Å². The molecule has 1 aromatic heterocycles. The van der Waals surface area contributed by atoms with Gasteiger partial charge in [-0.3, -0.25) is 14.6 Å². The number of hydrogen-bond acceptors (Lipinski definition) is 5. The molecule has 0 bridgehead atoms. The Balaban J connectivity index is 1.38. The van der Waals surface area contributed by atoms with E-state index in [9.17, 15) is 9.59 Å². The summed E-state index contributed by atoms with van der Waals surface area (Å²) >= 11 is 0. The lowest BCUT2D eigenvalue weighted by Gasteiger charge is -2.32. The average Bonchev–Trinajstić information content (AvgIpc) is 2.93. The molecule has 36 heavy (non-hydrogen) atoms. The second-order valence-corrected chi connectivity index (χ2v) is 9.01. The number of amides is 2. The first-order valence-corrected chi connectivity index (χ1v) is 12.3. The van der Waals surface area contributed by atoms with E-state index in [-0.39, 0.29) is 17.7 Å². The minimum atomic E-state index is -0.124. The van der Waals surface area contributed by atoms with Crippen molar-refractivity contribution in [2.45, 2.75) is 32.1 Å². The van der Waals surface area contributed by atoms with E-state index in [2.05, 4.69) is 5.32 Å². The number of piperidine rings is 1. The monoisotopic (exact) mass is 487 g/mol. The predicted octanol–water partition coefficient (Wildman–Crippen LogP) is 4.40. The Hall–Kier alpha value is -3.87. The van der Waals surface area contributed by atoms with Gasteiger partial charge in [0.15, 0.2) is 11.5 Å². The van der Waals surface area contributed by atoms with Gasteiger partial charge in [-0.05, 0) is 68.1 Å². The first kappa shape index (κ1) is 25.2. The largest absolute Gasteiger partial charge is 0.493 e. The predicted molar refractivity (Wildman–Crippen MR) is 139 cm³/mol. The number of rotatable bonds is 8. The lowest BCUT2D eigenvalue weighted by Crippen LogP contribution is -2.38. The summed E-state index contributed by atoms with van der Waals surface area (Å²) in [5.74, 6) is 1.41. The van der Waals surface area contributed by atoms with Crippen LogP contribution in [0.2, 0.25) is 0 Å². The molecule has 188 valence electrons. The molecule has 1 aliphatic heterocycles. The number of likely N-dealkylation sites (tertiary alicyclic amines) is 1. The van der Waals surface area contributed by atoms with Gasteiger partial charge >= 0.3 is 0 Å². The second kappa shape index (κ2) is 11.7. The van der Waals surface area contributed by atoms with E-state index >= 15 is 0 Å². The highest BCUT2D eigenvalue weighted by Crippen LogP contribution is 2.30. The molecule has 2 aromatic carbocycles. The van der Waals surface area contributed by atoms with Crippen molar-refractivity contribution in [3.05, 3.63) is 88.7 Å². The van der Waals surface area contributed by atoms with Crippen LogP contribution in [0.3, 0.4) is 0 Å². The fraction of sp³-hybridized carbons (Fsp3) is 0.345. The standard InChI is InChI=1S/C29H33N3O4/c1-20-9-11-24(28(33)30-16-13-21-10-12-25(35-2)26(19-21)36-3)27(31-20)22-14-17-32(18-15-22)29(34)23-7-5-4-6-8-23/h4-12,19,22H,13-18H2,1-3H3,(H,30,33). The van der Waals surface area contributed by atoms with Crippen LogP contribution in [0.15, 0.2) is 60.7 Å². The van der Waals surface area contributed by atoms with Crippen LogP contribution in [0.4, 0.5) is 0 Å². The number of ether oxygens (including phenoxy) is 2. The molecule has 0 spiro atoms. The molecule has 1 N–H and O–H groups in total. The van der Waals surface area contributed by atoms with E-state index in [1.54, 1.807) is 14.2 Å². The summed E-state index contributed by atoms with van der Waals surface area (Å²) in [5, 5.41) is 3.05. The van der Waals surface area contributed by atoms with E-state index in [4.69, 9.17) is 14.5 Å². The van der Waals surface area contributed by atoms with Crippen molar-refractivity contribution in [2.24, 2.45) is 0 Å². The summed E-state index contributed by atoms with van der Waals surface area (Å²) in [7, 11) is 3.22. The number of nitrogens with zero attached hydrogens (tertiary/aromatic N) is 2. The number of carbonyl (C=O) groups is 2. The first-order chi connectivity index (χ1) is 17.5. The summed E-state index contributed by atoms with van der Waals surface area (Å²) in [5.41, 5.74) is 4.07. The molecule has 0 radical (unpaired) electrons. The molecule has 0 aliphatic carbocycles. The highest BCUT2D eigenvalue weighted by atomic mass is 16.5. The number of benzene rings is 2. The van der Waals surface area contributed by atoms with Gasteiger partial charge in [0.1, 0.15) is 0 Å². The fourth-order valence-corrected chi connectivity index (χ4v) is 4.65. The van der Waals surface area contributed by atoms with Crippen LogP contribution in [0.25, 0.3) is 0 Å². The van der Waals surface area contributed by atoms with Crippen molar-refractivity contribution >= 4 is 11.8 Å². The molecular weight excluding hydrogens is 454 g/mol. The molecule has 7 heteroatoms. The third-order valence-electron chi connectivity index (χ3n) is 6.65. The molecule has 0 unspecified atom stereocenters. The molecule has 2 heterocycles. The van der Waals surface area contributed by atoms with E-state index < -0.39 is 0 Å². The Morgan fingerprint density at radius 2 is 1.69 bits per heavy atom. The highest BCUT2D eigenvalue weighted by Gasteiger charge is 2.28. The van der Waals surface area contributed by atoms with E-state index in [1.807, 2.05) is 72.5 Å². The van der Waals surface area contributed by atoms with Gasteiger partial charge in [-0.1, -0.05) is 24.3 Å². The zero-order valence-electron chi connectivity index (χ0n) is 21.1. The zero-order chi connectivity index (χ0) is 25.5. The maximum absolute atomic E-state index is 13.1. The van der Waals surface area contributed by atoms with E-state index in [0.29, 0.717) is 48.7 Å². The maximum Gasteiger partial charge on any atom is 0.253 e. The van der Waals surface area contributed by atoms with Crippen LogP contribution in [-0.4, -0.2) is 55.6 Å². The zero-order valence-corrected chi connectivity index (χ0v) is 21.1. The summed E-state index contributed by atoms with van der Waals surface area (Å²) in [6.45, 7) is 3.73. The molecule has 1 aliphatic rings. The molecule has 1 saturated heterocycles.